The minimum atomic E-state index is -0.319. The summed E-state index contributed by atoms with van der Waals surface area (Å²) in [6, 6.07) is 4.41. The lowest BCUT2D eigenvalue weighted by Gasteiger charge is -2.06. The third-order valence-corrected chi connectivity index (χ3v) is 3.39. The largest absolute Gasteiger partial charge is 0.507 e. The maximum Gasteiger partial charge on any atom is 0.255 e. The Bertz CT molecular complexity index is 543. The Morgan fingerprint density at radius 2 is 2.33 bits per heavy atom. The minimum absolute atomic E-state index is 0.116. The lowest BCUT2D eigenvalue weighted by molar-refractivity contribution is 0.0951. The predicted octanol–water partition coefficient (Wildman–Crippen LogP) is 2.47. The number of carbonyl (C=O) groups excluding carboxylic acids is 1. The fourth-order valence-corrected chi connectivity index (χ4v) is 2.24. The summed E-state index contributed by atoms with van der Waals surface area (Å²) in [6.07, 6.45) is 2.41. The van der Waals surface area contributed by atoms with Crippen molar-refractivity contribution in [1.29, 1.82) is 0 Å². The summed E-state index contributed by atoms with van der Waals surface area (Å²) in [4.78, 5) is 15.9. The summed E-state index contributed by atoms with van der Waals surface area (Å²) in [7, 11) is 0. The molecule has 4 nitrogen and oxygen atoms in total. The number of rotatable bonds is 4. The lowest BCUT2D eigenvalue weighted by Crippen LogP contribution is -2.25. The number of benzene rings is 1. The van der Waals surface area contributed by atoms with Gasteiger partial charge in [0.15, 0.2) is 0 Å². The maximum absolute atomic E-state index is 11.8. The van der Waals surface area contributed by atoms with Gasteiger partial charge in [0.2, 0.25) is 0 Å². The van der Waals surface area contributed by atoms with Gasteiger partial charge in [0.05, 0.1) is 10.6 Å². The van der Waals surface area contributed by atoms with Crippen LogP contribution in [0.3, 0.4) is 0 Å². The number of aromatic hydroxyl groups is 1. The molecule has 0 unspecified atom stereocenters. The highest BCUT2D eigenvalue weighted by Gasteiger charge is 2.10. The van der Waals surface area contributed by atoms with Crippen LogP contribution >= 0.6 is 22.9 Å². The zero-order valence-electron chi connectivity index (χ0n) is 9.39. The molecule has 0 aliphatic heterocycles. The third kappa shape index (κ3) is 3.21. The van der Waals surface area contributed by atoms with Crippen LogP contribution in [0.15, 0.2) is 29.8 Å². The van der Waals surface area contributed by atoms with E-state index < -0.39 is 0 Å². The van der Waals surface area contributed by atoms with E-state index in [1.165, 1.54) is 12.1 Å². The fourth-order valence-electron chi connectivity index (χ4n) is 1.45. The van der Waals surface area contributed by atoms with E-state index in [9.17, 15) is 9.90 Å². The summed E-state index contributed by atoms with van der Waals surface area (Å²) in [5.74, 6) is -0.435. The van der Waals surface area contributed by atoms with Gasteiger partial charge in [-0.2, -0.15) is 0 Å². The van der Waals surface area contributed by atoms with Gasteiger partial charge in [-0.15, -0.1) is 11.3 Å². The number of halogens is 1. The van der Waals surface area contributed by atoms with Crippen molar-refractivity contribution < 1.29 is 9.90 Å². The molecule has 6 heteroatoms. The molecule has 94 valence electrons. The van der Waals surface area contributed by atoms with Crippen molar-refractivity contribution in [3.63, 3.8) is 0 Å². The molecule has 0 bridgehead atoms. The highest BCUT2D eigenvalue weighted by Crippen LogP contribution is 2.21. The quantitative estimate of drug-likeness (QED) is 0.905. The van der Waals surface area contributed by atoms with Crippen molar-refractivity contribution >= 4 is 28.8 Å². The molecule has 1 aromatic carbocycles. The number of thiazole rings is 1. The lowest BCUT2D eigenvalue weighted by atomic mass is 10.2. The van der Waals surface area contributed by atoms with E-state index in [0.29, 0.717) is 18.0 Å². The second-order valence-corrected chi connectivity index (χ2v) is 5.01. The monoisotopic (exact) mass is 282 g/mol. The SMILES string of the molecule is O=C(NCCc1nccs1)c1ccc(Cl)cc1O. The molecule has 0 aliphatic carbocycles. The van der Waals surface area contributed by atoms with Gasteiger partial charge in [-0.25, -0.2) is 4.98 Å². The number of aromatic nitrogens is 1. The van der Waals surface area contributed by atoms with Crippen molar-refractivity contribution in [3.8, 4) is 5.75 Å². The Hall–Kier alpha value is -1.59. The first-order valence-electron chi connectivity index (χ1n) is 5.32. The van der Waals surface area contributed by atoms with E-state index in [1.807, 2.05) is 5.38 Å². The van der Waals surface area contributed by atoms with Crippen LogP contribution in [0.25, 0.3) is 0 Å². The molecule has 1 heterocycles. The number of hydrogen-bond acceptors (Lipinski definition) is 4. The second-order valence-electron chi connectivity index (χ2n) is 3.59. The van der Waals surface area contributed by atoms with Crippen LogP contribution in [0.5, 0.6) is 5.75 Å². The highest BCUT2D eigenvalue weighted by atomic mass is 35.5. The zero-order chi connectivity index (χ0) is 13.0. The van der Waals surface area contributed by atoms with Crippen LogP contribution < -0.4 is 5.32 Å². The van der Waals surface area contributed by atoms with Crippen molar-refractivity contribution in [2.75, 3.05) is 6.54 Å². The van der Waals surface area contributed by atoms with Crippen LogP contribution in [0.4, 0.5) is 0 Å². The van der Waals surface area contributed by atoms with E-state index in [4.69, 9.17) is 11.6 Å². The minimum Gasteiger partial charge on any atom is -0.507 e. The average Bonchev–Trinajstić information content (AvgIpc) is 2.81. The summed E-state index contributed by atoms with van der Waals surface area (Å²) < 4.78 is 0. The first-order valence-corrected chi connectivity index (χ1v) is 6.57. The summed E-state index contributed by atoms with van der Waals surface area (Å²) in [5, 5.41) is 15.6. The van der Waals surface area contributed by atoms with Crippen LogP contribution in [0.2, 0.25) is 5.02 Å². The Balaban J connectivity index is 1.91. The van der Waals surface area contributed by atoms with Crippen molar-refractivity contribution in [1.82, 2.24) is 10.3 Å². The molecule has 18 heavy (non-hydrogen) atoms. The number of amides is 1. The molecule has 2 aromatic rings. The van der Waals surface area contributed by atoms with Crippen LogP contribution in [0, 0.1) is 0 Å². The van der Waals surface area contributed by atoms with Gasteiger partial charge in [-0.05, 0) is 18.2 Å². The van der Waals surface area contributed by atoms with Gasteiger partial charge >= 0.3 is 0 Å². The van der Waals surface area contributed by atoms with Crippen LogP contribution in [-0.2, 0) is 6.42 Å². The topological polar surface area (TPSA) is 62.2 Å². The standard InChI is InChI=1S/C12H11ClN2O2S/c13-8-1-2-9(10(16)7-8)12(17)15-4-3-11-14-5-6-18-11/h1-2,5-7,16H,3-4H2,(H,15,17). The molecule has 0 radical (unpaired) electrons. The number of phenolic OH excluding ortho intramolecular Hbond substituents is 1. The molecular weight excluding hydrogens is 272 g/mol. The highest BCUT2D eigenvalue weighted by molar-refractivity contribution is 7.09. The molecule has 0 saturated heterocycles. The number of hydrogen-bond donors (Lipinski definition) is 2. The van der Waals surface area contributed by atoms with Gasteiger partial charge < -0.3 is 10.4 Å². The Morgan fingerprint density at radius 1 is 1.50 bits per heavy atom. The fraction of sp³-hybridized carbons (Fsp3) is 0.167. The van der Waals surface area contributed by atoms with Crippen LogP contribution in [-0.4, -0.2) is 22.5 Å². The number of nitrogens with one attached hydrogen (secondary N) is 1. The second kappa shape index (κ2) is 5.84. The molecule has 2 N–H and O–H groups in total. The first kappa shape index (κ1) is 12.9. The molecule has 0 aliphatic rings. The molecule has 1 aromatic heterocycles. The van der Waals surface area contributed by atoms with Crippen molar-refractivity contribution in [2.24, 2.45) is 0 Å². The number of carbonyl (C=O) groups is 1. The van der Waals surface area contributed by atoms with Crippen molar-refractivity contribution in [3.05, 3.63) is 45.4 Å². The van der Waals surface area contributed by atoms with E-state index in [1.54, 1.807) is 23.6 Å². The number of nitrogens with zero attached hydrogens (tertiary/aromatic N) is 1. The van der Waals surface area contributed by atoms with Gasteiger partial charge in [0.1, 0.15) is 5.75 Å². The summed E-state index contributed by atoms with van der Waals surface area (Å²) >= 11 is 7.24. The van der Waals surface area contributed by atoms with Gasteiger partial charge in [-0.3, -0.25) is 4.79 Å². The Kier molecular flexibility index (Phi) is 4.17. The van der Waals surface area contributed by atoms with Crippen LogP contribution in [0.1, 0.15) is 15.4 Å². The Morgan fingerprint density at radius 3 is 3.00 bits per heavy atom. The summed E-state index contributed by atoms with van der Waals surface area (Å²) in [5.41, 5.74) is 0.221. The van der Waals surface area contributed by atoms with E-state index in [-0.39, 0.29) is 17.2 Å². The molecule has 1 amide bonds. The molecular formula is C12H11ClN2O2S. The zero-order valence-corrected chi connectivity index (χ0v) is 11.0. The van der Waals surface area contributed by atoms with E-state index in [0.717, 1.165) is 5.01 Å². The molecule has 0 saturated carbocycles. The Labute approximate surface area is 113 Å². The smallest absolute Gasteiger partial charge is 0.255 e. The van der Waals surface area contributed by atoms with Crippen molar-refractivity contribution in [2.45, 2.75) is 6.42 Å². The van der Waals surface area contributed by atoms with E-state index >= 15 is 0 Å². The maximum atomic E-state index is 11.8. The molecule has 0 spiro atoms. The first-order chi connectivity index (χ1) is 8.66. The predicted molar refractivity (Wildman–Crippen MR) is 71.3 cm³/mol. The molecule has 0 atom stereocenters. The normalized spacial score (nSPS) is 10.3. The average molecular weight is 283 g/mol. The summed E-state index contributed by atoms with van der Waals surface area (Å²) in [6.45, 7) is 0.481. The van der Waals surface area contributed by atoms with Gasteiger partial charge in [-0.1, -0.05) is 11.6 Å². The van der Waals surface area contributed by atoms with E-state index in [2.05, 4.69) is 10.3 Å². The third-order valence-electron chi connectivity index (χ3n) is 2.31. The molecule has 2 rings (SSSR count). The van der Waals surface area contributed by atoms with Gasteiger partial charge in [0, 0.05) is 29.6 Å². The number of phenols is 1. The van der Waals surface area contributed by atoms with Gasteiger partial charge in [0.25, 0.3) is 5.91 Å². The molecule has 0 fully saturated rings.